The van der Waals surface area contributed by atoms with E-state index in [1.54, 1.807) is 38.6 Å². The van der Waals surface area contributed by atoms with Gasteiger partial charge in [-0.1, -0.05) is 11.8 Å². The summed E-state index contributed by atoms with van der Waals surface area (Å²) < 4.78 is 5.12. The molecule has 152 valence electrons. The number of carbonyl (C=O) groups excluding carboxylic acids is 2. The molecule has 0 aromatic heterocycles. The van der Waals surface area contributed by atoms with Crippen molar-refractivity contribution in [3.05, 3.63) is 22.2 Å². The highest BCUT2D eigenvalue weighted by atomic mass is 32.2. The standard InChI is InChI=1S/C17H29N5O3S2/c1-17(2,3)25-16(24)21-6-4-5-14(23)20-7-8-26-10-12-11-27-15(22-12)9-13(18)19/h9,11,22H,4-8,10H2,1-3H3,(H3,18,19)(H,20,23)(H,21,24)/b15-9-. The lowest BCUT2D eigenvalue weighted by atomic mass is 10.2. The van der Waals surface area contributed by atoms with E-state index in [1.807, 2.05) is 5.41 Å². The maximum atomic E-state index is 11.8. The first-order chi connectivity index (χ1) is 12.7. The zero-order valence-corrected chi connectivity index (χ0v) is 17.6. The fourth-order valence-electron chi connectivity index (χ4n) is 1.92. The molecular formula is C17H29N5O3S2. The van der Waals surface area contributed by atoms with Crippen LogP contribution < -0.4 is 21.7 Å². The number of nitrogens with two attached hydrogens (primary N) is 1. The van der Waals surface area contributed by atoms with E-state index in [4.69, 9.17) is 15.9 Å². The van der Waals surface area contributed by atoms with Crippen LogP contribution in [0.3, 0.4) is 0 Å². The van der Waals surface area contributed by atoms with Gasteiger partial charge in [-0.05, 0) is 32.6 Å². The summed E-state index contributed by atoms with van der Waals surface area (Å²) in [5.41, 5.74) is 5.87. The predicted molar refractivity (Wildman–Crippen MR) is 113 cm³/mol. The molecular weight excluding hydrogens is 386 g/mol. The van der Waals surface area contributed by atoms with Crippen molar-refractivity contribution >= 4 is 41.4 Å². The molecule has 0 saturated carbocycles. The lowest BCUT2D eigenvalue weighted by Crippen LogP contribution is -2.33. The van der Waals surface area contributed by atoms with Crippen molar-refractivity contribution in [2.45, 2.75) is 39.2 Å². The predicted octanol–water partition coefficient (Wildman–Crippen LogP) is 2.10. The van der Waals surface area contributed by atoms with Crippen LogP contribution in [0.1, 0.15) is 33.6 Å². The number of thioether (sulfide) groups is 2. The van der Waals surface area contributed by atoms with Crippen molar-refractivity contribution < 1.29 is 14.3 Å². The highest BCUT2D eigenvalue weighted by Gasteiger charge is 2.15. The zero-order valence-electron chi connectivity index (χ0n) is 16.0. The van der Waals surface area contributed by atoms with Crippen LogP contribution in [0.2, 0.25) is 0 Å². The van der Waals surface area contributed by atoms with E-state index >= 15 is 0 Å². The smallest absolute Gasteiger partial charge is 0.407 e. The van der Waals surface area contributed by atoms with Gasteiger partial charge in [0.1, 0.15) is 11.4 Å². The van der Waals surface area contributed by atoms with Gasteiger partial charge in [-0.15, -0.1) is 0 Å². The largest absolute Gasteiger partial charge is 0.444 e. The van der Waals surface area contributed by atoms with Crippen LogP contribution in [0, 0.1) is 5.41 Å². The molecule has 27 heavy (non-hydrogen) atoms. The summed E-state index contributed by atoms with van der Waals surface area (Å²) in [6, 6.07) is 0. The van der Waals surface area contributed by atoms with Gasteiger partial charge in [0.2, 0.25) is 5.91 Å². The number of rotatable bonds is 10. The van der Waals surface area contributed by atoms with E-state index < -0.39 is 11.7 Å². The molecule has 0 bridgehead atoms. The lowest BCUT2D eigenvalue weighted by Gasteiger charge is -2.19. The molecule has 2 amide bonds. The normalized spacial score (nSPS) is 15.1. The number of carbonyl (C=O) groups is 2. The second-order valence-corrected chi connectivity index (χ2v) is 8.80. The minimum Gasteiger partial charge on any atom is -0.444 e. The van der Waals surface area contributed by atoms with Gasteiger partial charge in [-0.2, -0.15) is 11.8 Å². The van der Waals surface area contributed by atoms with Crippen molar-refractivity contribution in [1.29, 1.82) is 5.41 Å². The molecule has 1 heterocycles. The van der Waals surface area contributed by atoms with Gasteiger partial charge in [0.25, 0.3) is 0 Å². The molecule has 0 unspecified atom stereocenters. The molecule has 10 heteroatoms. The van der Waals surface area contributed by atoms with Gasteiger partial charge in [-0.25, -0.2) is 4.79 Å². The molecule has 0 aliphatic carbocycles. The number of nitrogens with one attached hydrogen (secondary N) is 4. The molecule has 0 aromatic carbocycles. The molecule has 8 nitrogen and oxygen atoms in total. The van der Waals surface area contributed by atoms with Crippen LogP contribution in [-0.2, 0) is 9.53 Å². The summed E-state index contributed by atoms with van der Waals surface area (Å²) >= 11 is 3.22. The minimum atomic E-state index is -0.521. The number of amides is 2. The summed E-state index contributed by atoms with van der Waals surface area (Å²) in [6.45, 7) is 6.41. The first-order valence-electron chi connectivity index (χ1n) is 8.65. The first-order valence-corrected chi connectivity index (χ1v) is 10.7. The fourth-order valence-corrected chi connectivity index (χ4v) is 3.59. The average molecular weight is 416 g/mol. The molecule has 0 radical (unpaired) electrons. The van der Waals surface area contributed by atoms with E-state index in [-0.39, 0.29) is 11.7 Å². The van der Waals surface area contributed by atoms with Gasteiger partial charge in [0.05, 0.1) is 5.03 Å². The molecule has 1 rings (SSSR count). The second-order valence-electron chi connectivity index (χ2n) is 6.78. The summed E-state index contributed by atoms with van der Waals surface area (Å²) in [6.07, 6.45) is 2.05. The van der Waals surface area contributed by atoms with Crippen molar-refractivity contribution in [3.63, 3.8) is 0 Å². The van der Waals surface area contributed by atoms with Crippen LogP contribution in [0.4, 0.5) is 4.79 Å². The molecule has 1 aliphatic heterocycles. The number of alkyl carbamates (subject to hydrolysis) is 1. The van der Waals surface area contributed by atoms with E-state index in [2.05, 4.69) is 16.0 Å². The monoisotopic (exact) mass is 415 g/mol. The third kappa shape index (κ3) is 12.2. The van der Waals surface area contributed by atoms with Gasteiger partial charge in [0.15, 0.2) is 0 Å². The Morgan fingerprint density at radius 1 is 1.37 bits per heavy atom. The quantitative estimate of drug-likeness (QED) is 0.210. The van der Waals surface area contributed by atoms with Crippen LogP contribution in [0.25, 0.3) is 0 Å². The maximum Gasteiger partial charge on any atom is 0.407 e. The lowest BCUT2D eigenvalue weighted by molar-refractivity contribution is -0.121. The molecule has 6 N–H and O–H groups in total. The van der Waals surface area contributed by atoms with Gasteiger partial charge < -0.3 is 26.4 Å². The van der Waals surface area contributed by atoms with Gasteiger partial charge in [-0.3, -0.25) is 10.2 Å². The average Bonchev–Trinajstić information content (AvgIpc) is 2.96. The molecule has 0 spiro atoms. The van der Waals surface area contributed by atoms with E-state index in [0.717, 1.165) is 22.2 Å². The van der Waals surface area contributed by atoms with E-state index in [9.17, 15) is 9.59 Å². The molecule has 0 atom stereocenters. The topological polar surface area (TPSA) is 129 Å². The highest BCUT2D eigenvalue weighted by Crippen LogP contribution is 2.25. The van der Waals surface area contributed by atoms with Crippen LogP contribution in [0.15, 0.2) is 22.2 Å². The number of amidine groups is 1. The molecule has 0 saturated heterocycles. The number of hydrogen-bond acceptors (Lipinski definition) is 7. The highest BCUT2D eigenvalue weighted by molar-refractivity contribution is 8.06. The van der Waals surface area contributed by atoms with E-state index in [0.29, 0.717) is 25.9 Å². The SMILES string of the molecule is CC(C)(C)OC(=O)NCCCC(=O)NCCSCC1=CS/C(=C\C(=N)N)N1. The maximum absolute atomic E-state index is 11.8. The molecule has 0 aromatic rings. The molecule has 0 fully saturated rings. The van der Waals surface area contributed by atoms with Gasteiger partial charge >= 0.3 is 6.09 Å². The summed E-state index contributed by atoms with van der Waals surface area (Å²) in [4.78, 5) is 23.2. The fraction of sp³-hybridized carbons (Fsp3) is 0.588. The molecule has 1 aliphatic rings. The number of ether oxygens (including phenoxy) is 1. The Balaban J connectivity index is 2.00. The third-order valence-corrected chi connectivity index (χ3v) is 4.86. The third-order valence-electron chi connectivity index (χ3n) is 2.97. The Morgan fingerprint density at radius 3 is 2.78 bits per heavy atom. The van der Waals surface area contributed by atoms with Crippen molar-refractivity contribution in [1.82, 2.24) is 16.0 Å². The minimum absolute atomic E-state index is 0.0244. The van der Waals surface area contributed by atoms with Crippen LogP contribution in [-0.4, -0.2) is 48.0 Å². The van der Waals surface area contributed by atoms with Crippen LogP contribution >= 0.6 is 23.5 Å². The summed E-state index contributed by atoms with van der Waals surface area (Å²) in [5, 5.41) is 18.8. The van der Waals surface area contributed by atoms with Crippen molar-refractivity contribution in [2.75, 3.05) is 24.6 Å². The Labute approximate surface area is 169 Å². The van der Waals surface area contributed by atoms with E-state index in [1.165, 1.54) is 11.8 Å². The van der Waals surface area contributed by atoms with Crippen molar-refractivity contribution in [3.8, 4) is 0 Å². The van der Waals surface area contributed by atoms with Gasteiger partial charge in [0, 0.05) is 42.8 Å². The van der Waals surface area contributed by atoms with Crippen molar-refractivity contribution in [2.24, 2.45) is 5.73 Å². The number of hydrogen-bond donors (Lipinski definition) is 5. The van der Waals surface area contributed by atoms with Crippen LogP contribution in [0.5, 0.6) is 0 Å². The second kappa shape index (κ2) is 11.8. The summed E-state index contributed by atoms with van der Waals surface area (Å²) in [5.74, 6) is 1.60. The summed E-state index contributed by atoms with van der Waals surface area (Å²) in [7, 11) is 0. The Morgan fingerprint density at radius 2 is 2.11 bits per heavy atom. The Bertz CT molecular complexity index is 600. The Kier molecular flexibility index (Phi) is 10.2. The Hall–Kier alpha value is -1.81. The zero-order chi connectivity index (χ0) is 20.3. The first kappa shape index (κ1) is 23.2.